The number of nitrogens with zero attached hydrogens (tertiary/aromatic N) is 1. The molecule has 2 rings (SSSR count). The Hall–Kier alpha value is -2.08. The predicted molar refractivity (Wildman–Crippen MR) is 69.7 cm³/mol. The molecule has 1 aromatic carbocycles. The molecule has 0 aliphatic carbocycles. The van der Waals surface area contributed by atoms with Crippen LogP contribution in [0.25, 0.3) is 0 Å². The topological polar surface area (TPSA) is 95.7 Å². The number of phenolic OH excluding ortho intramolecular Hbond substituents is 1. The molecule has 1 aliphatic rings. The number of aryl methyl sites for hydroxylation is 1. The molecule has 6 heteroatoms. The summed E-state index contributed by atoms with van der Waals surface area (Å²) in [6.45, 7) is 3.16. The van der Waals surface area contributed by atoms with Crippen molar-refractivity contribution in [3.05, 3.63) is 29.3 Å². The molecule has 0 bridgehead atoms. The lowest BCUT2D eigenvalue weighted by molar-refractivity contribution is -0.122. The van der Waals surface area contributed by atoms with Crippen molar-refractivity contribution in [2.75, 3.05) is 19.6 Å². The maximum Gasteiger partial charge on any atom is 0.258 e. The fourth-order valence-corrected chi connectivity index (χ4v) is 2.18. The fourth-order valence-electron chi connectivity index (χ4n) is 2.18. The van der Waals surface area contributed by atoms with Crippen LogP contribution in [0.1, 0.15) is 15.9 Å². The van der Waals surface area contributed by atoms with Gasteiger partial charge in [0.25, 0.3) is 5.91 Å². The number of primary amides is 1. The van der Waals surface area contributed by atoms with E-state index in [9.17, 15) is 14.7 Å². The first-order valence-electron chi connectivity index (χ1n) is 6.11. The highest BCUT2D eigenvalue weighted by atomic mass is 16.3. The molecule has 19 heavy (non-hydrogen) atoms. The quantitative estimate of drug-likeness (QED) is 0.676. The van der Waals surface area contributed by atoms with Gasteiger partial charge in [-0.2, -0.15) is 0 Å². The number of hydrogen-bond donors (Lipinski definition) is 3. The van der Waals surface area contributed by atoms with Gasteiger partial charge >= 0.3 is 0 Å². The van der Waals surface area contributed by atoms with E-state index >= 15 is 0 Å². The zero-order valence-corrected chi connectivity index (χ0v) is 10.7. The average molecular weight is 263 g/mol. The first kappa shape index (κ1) is 13.4. The highest BCUT2D eigenvalue weighted by molar-refractivity contribution is 5.99. The van der Waals surface area contributed by atoms with Gasteiger partial charge in [-0.25, -0.2) is 0 Å². The Kier molecular flexibility index (Phi) is 3.71. The molecule has 0 aromatic heterocycles. The summed E-state index contributed by atoms with van der Waals surface area (Å²) in [5.74, 6) is -1.00. The molecule has 6 nitrogen and oxygen atoms in total. The minimum atomic E-state index is -0.679. The van der Waals surface area contributed by atoms with E-state index in [-0.39, 0.29) is 17.2 Å². The van der Waals surface area contributed by atoms with Crippen molar-refractivity contribution in [2.24, 2.45) is 5.73 Å². The number of carbonyl (C=O) groups is 2. The highest BCUT2D eigenvalue weighted by Crippen LogP contribution is 2.21. The summed E-state index contributed by atoms with van der Waals surface area (Å²) in [5.41, 5.74) is 6.38. The van der Waals surface area contributed by atoms with Gasteiger partial charge in [0, 0.05) is 19.6 Å². The summed E-state index contributed by atoms with van der Waals surface area (Å²) in [4.78, 5) is 25.2. The Balaban J connectivity index is 2.31. The zero-order chi connectivity index (χ0) is 14.0. The van der Waals surface area contributed by atoms with Crippen LogP contribution in [-0.2, 0) is 4.79 Å². The van der Waals surface area contributed by atoms with E-state index in [4.69, 9.17) is 5.73 Å². The highest BCUT2D eigenvalue weighted by Gasteiger charge is 2.32. The van der Waals surface area contributed by atoms with E-state index < -0.39 is 11.9 Å². The summed E-state index contributed by atoms with van der Waals surface area (Å²) in [5, 5.41) is 12.8. The van der Waals surface area contributed by atoms with E-state index in [0.717, 1.165) is 5.56 Å². The number of rotatable bonds is 2. The predicted octanol–water partition coefficient (Wildman–Crippen LogP) is -0.400. The molecular formula is C13H17N3O3. The molecule has 1 saturated heterocycles. The molecule has 2 amide bonds. The second-order valence-electron chi connectivity index (χ2n) is 4.64. The lowest BCUT2D eigenvalue weighted by Crippen LogP contribution is -2.58. The summed E-state index contributed by atoms with van der Waals surface area (Å²) in [6, 6.07) is 4.12. The third kappa shape index (κ3) is 2.68. The van der Waals surface area contributed by atoms with Gasteiger partial charge in [0.2, 0.25) is 5.91 Å². The normalized spacial score (nSPS) is 19.2. The Morgan fingerprint density at radius 1 is 1.47 bits per heavy atom. The fraction of sp³-hybridized carbons (Fsp3) is 0.385. The van der Waals surface area contributed by atoms with Gasteiger partial charge in [-0.3, -0.25) is 9.59 Å². The Bertz CT molecular complexity index is 516. The molecule has 1 fully saturated rings. The van der Waals surface area contributed by atoms with Crippen molar-refractivity contribution in [3.63, 3.8) is 0 Å². The first-order valence-corrected chi connectivity index (χ1v) is 6.11. The molecule has 1 unspecified atom stereocenters. The van der Waals surface area contributed by atoms with Gasteiger partial charge in [-0.1, -0.05) is 11.6 Å². The largest absolute Gasteiger partial charge is 0.507 e. The minimum absolute atomic E-state index is 0.0858. The van der Waals surface area contributed by atoms with Crippen LogP contribution in [0.2, 0.25) is 0 Å². The van der Waals surface area contributed by atoms with Crippen LogP contribution < -0.4 is 11.1 Å². The summed E-state index contributed by atoms with van der Waals surface area (Å²) < 4.78 is 0. The minimum Gasteiger partial charge on any atom is -0.507 e. The monoisotopic (exact) mass is 263 g/mol. The summed E-state index contributed by atoms with van der Waals surface area (Å²) in [6.07, 6.45) is 0. The number of benzene rings is 1. The van der Waals surface area contributed by atoms with Crippen molar-refractivity contribution < 1.29 is 14.7 Å². The van der Waals surface area contributed by atoms with Crippen molar-refractivity contribution in [1.82, 2.24) is 10.2 Å². The lowest BCUT2D eigenvalue weighted by Gasteiger charge is -2.34. The molecule has 1 heterocycles. The van der Waals surface area contributed by atoms with Crippen molar-refractivity contribution in [1.29, 1.82) is 0 Å². The number of aromatic hydroxyl groups is 1. The molecule has 4 N–H and O–H groups in total. The third-order valence-electron chi connectivity index (χ3n) is 3.22. The summed E-state index contributed by atoms with van der Waals surface area (Å²) in [7, 11) is 0. The average Bonchev–Trinajstić information content (AvgIpc) is 2.40. The standard InChI is InChI=1S/C13H17N3O3/c1-8-2-3-11(17)9(6-8)13(19)16-5-4-15-7-10(16)12(14)18/h2-3,6,10,15,17H,4-5,7H2,1H3,(H2,14,18). The Labute approximate surface area is 111 Å². The van der Waals surface area contributed by atoms with Gasteiger partial charge in [0.15, 0.2) is 0 Å². The van der Waals surface area contributed by atoms with E-state index in [1.54, 1.807) is 12.1 Å². The van der Waals surface area contributed by atoms with Gasteiger partial charge < -0.3 is 21.1 Å². The van der Waals surface area contributed by atoms with E-state index in [2.05, 4.69) is 5.32 Å². The number of piperazine rings is 1. The van der Waals surface area contributed by atoms with Crippen molar-refractivity contribution in [3.8, 4) is 5.75 Å². The van der Waals surface area contributed by atoms with Crippen LogP contribution in [0.5, 0.6) is 5.75 Å². The van der Waals surface area contributed by atoms with Gasteiger partial charge in [0.1, 0.15) is 11.8 Å². The number of nitrogens with two attached hydrogens (primary N) is 1. The van der Waals surface area contributed by atoms with Crippen LogP contribution in [-0.4, -0.2) is 47.5 Å². The van der Waals surface area contributed by atoms with Gasteiger partial charge in [0.05, 0.1) is 5.56 Å². The van der Waals surface area contributed by atoms with Gasteiger partial charge in [-0.15, -0.1) is 0 Å². The zero-order valence-electron chi connectivity index (χ0n) is 10.7. The third-order valence-corrected chi connectivity index (χ3v) is 3.22. The Morgan fingerprint density at radius 3 is 2.89 bits per heavy atom. The second kappa shape index (κ2) is 5.27. The second-order valence-corrected chi connectivity index (χ2v) is 4.64. The lowest BCUT2D eigenvalue weighted by atomic mass is 10.1. The molecule has 1 atom stereocenters. The van der Waals surface area contributed by atoms with Crippen LogP contribution in [0.4, 0.5) is 0 Å². The smallest absolute Gasteiger partial charge is 0.258 e. The molecule has 0 saturated carbocycles. The first-order chi connectivity index (χ1) is 9.00. The maximum atomic E-state index is 12.4. The van der Waals surface area contributed by atoms with E-state index in [0.29, 0.717) is 19.6 Å². The van der Waals surface area contributed by atoms with Gasteiger partial charge in [-0.05, 0) is 19.1 Å². The number of nitrogens with one attached hydrogen (secondary N) is 1. The SMILES string of the molecule is Cc1ccc(O)c(C(=O)N2CCNCC2C(N)=O)c1. The summed E-state index contributed by atoms with van der Waals surface area (Å²) >= 11 is 0. The molecule has 0 radical (unpaired) electrons. The number of carbonyl (C=O) groups excluding carboxylic acids is 2. The van der Waals surface area contributed by atoms with Crippen molar-refractivity contribution in [2.45, 2.75) is 13.0 Å². The van der Waals surface area contributed by atoms with Crippen LogP contribution in [0.3, 0.4) is 0 Å². The van der Waals surface area contributed by atoms with Crippen LogP contribution in [0, 0.1) is 6.92 Å². The maximum absolute atomic E-state index is 12.4. The number of phenols is 1. The van der Waals surface area contributed by atoms with Crippen LogP contribution >= 0.6 is 0 Å². The molecule has 102 valence electrons. The van der Waals surface area contributed by atoms with Crippen molar-refractivity contribution >= 4 is 11.8 Å². The number of amides is 2. The van der Waals surface area contributed by atoms with E-state index in [1.165, 1.54) is 11.0 Å². The van der Waals surface area contributed by atoms with E-state index in [1.807, 2.05) is 6.92 Å². The molecule has 1 aliphatic heterocycles. The Morgan fingerprint density at radius 2 is 2.21 bits per heavy atom. The molecule has 0 spiro atoms. The number of hydrogen-bond acceptors (Lipinski definition) is 4. The molecule has 1 aromatic rings. The van der Waals surface area contributed by atoms with Crippen LogP contribution in [0.15, 0.2) is 18.2 Å². The molecular weight excluding hydrogens is 246 g/mol.